The van der Waals surface area contributed by atoms with Gasteiger partial charge in [-0.25, -0.2) is 0 Å². The maximum atomic E-state index is 13.0. The molecule has 1 aliphatic rings. The third kappa shape index (κ3) is 3.58. The third-order valence-electron chi connectivity index (χ3n) is 3.77. The summed E-state index contributed by atoms with van der Waals surface area (Å²) in [4.78, 5) is 24.5. The number of rotatable bonds is 3. The summed E-state index contributed by atoms with van der Waals surface area (Å²) in [5.74, 6) is -1.36. The fourth-order valence-corrected chi connectivity index (χ4v) is 2.64. The van der Waals surface area contributed by atoms with Crippen molar-refractivity contribution in [2.45, 2.75) is 24.9 Å². The van der Waals surface area contributed by atoms with E-state index >= 15 is 0 Å². The van der Waals surface area contributed by atoms with Crippen LogP contribution in [0.15, 0.2) is 24.3 Å². The summed E-state index contributed by atoms with van der Waals surface area (Å²) >= 11 is 0. The molecule has 0 aromatic heterocycles. The SMILES string of the molecule is COC(=O)CN1CCC(c2ccccc2C(F)(F)F)CC1=O. The van der Waals surface area contributed by atoms with Crippen LogP contribution in [0.3, 0.4) is 0 Å². The Kier molecular flexibility index (Phi) is 4.73. The van der Waals surface area contributed by atoms with E-state index < -0.39 is 23.6 Å². The zero-order chi connectivity index (χ0) is 16.3. The first-order valence-electron chi connectivity index (χ1n) is 6.83. The number of piperidine rings is 1. The van der Waals surface area contributed by atoms with Crippen molar-refractivity contribution in [3.63, 3.8) is 0 Å². The Morgan fingerprint density at radius 2 is 2.05 bits per heavy atom. The highest BCUT2D eigenvalue weighted by Crippen LogP contribution is 2.38. The Bertz CT molecular complexity index is 571. The lowest BCUT2D eigenvalue weighted by atomic mass is 9.86. The fourth-order valence-electron chi connectivity index (χ4n) is 2.64. The summed E-state index contributed by atoms with van der Waals surface area (Å²) in [5.41, 5.74) is -0.560. The van der Waals surface area contributed by atoms with Gasteiger partial charge in [0.25, 0.3) is 0 Å². The maximum absolute atomic E-state index is 13.0. The lowest BCUT2D eigenvalue weighted by Gasteiger charge is -2.32. The van der Waals surface area contributed by atoms with Gasteiger partial charge in [-0.05, 0) is 24.0 Å². The number of hydrogen-bond donors (Lipinski definition) is 0. The standard InChI is InChI=1S/C15H16F3NO3/c1-22-14(21)9-19-7-6-10(8-13(19)20)11-4-2-3-5-12(11)15(16,17)18/h2-5,10H,6-9H2,1H3. The topological polar surface area (TPSA) is 46.6 Å². The number of amides is 1. The molecule has 22 heavy (non-hydrogen) atoms. The molecule has 1 aromatic carbocycles. The first kappa shape index (κ1) is 16.3. The minimum Gasteiger partial charge on any atom is -0.468 e. The van der Waals surface area contributed by atoms with Crippen LogP contribution in [0.2, 0.25) is 0 Å². The van der Waals surface area contributed by atoms with Crippen molar-refractivity contribution in [3.05, 3.63) is 35.4 Å². The number of ether oxygens (including phenoxy) is 1. The maximum Gasteiger partial charge on any atom is 0.416 e. The van der Waals surface area contributed by atoms with Crippen molar-refractivity contribution < 1.29 is 27.5 Å². The molecule has 1 amide bonds. The van der Waals surface area contributed by atoms with Crippen LogP contribution < -0.4 is 0 Å². The van der Waals surface area contributed by atoms with Gasteiger partial charge in [0.1, 0.15) is 6.54 Å². The van der Waals surface area contributed by atoms with Crippen LogP contribution in [0, 0.1) is 0 Å². The first-order chi connectivity index (χ1) is 10.3. The molecular weight excluding hydrogens is 299 g/mol. The lowest BCUT2D eigenvalue weighted by Crippen LogP contribution is -2.41. The smallest absolute Gasteiger partial charge is 0.416 e. The highest BCUT2D eigenvalue weighted by molar-refractivity contribution is 5.83. The van der Waals surface area contributed by atoms with E-state index in [2.05, 4.69) is 4.74 Å². The predicted molar refractivity (Wildman–Crippen MR) is 72.0 cm³/mol. The van der Waals surface area contributed by atoms with Gasteiger partial charge in [-0.15, -0.1) is 0 Å². The van der Waals surface area contributed by atoms with Crippen molar-refractivity contribution >= 4 is 11.9 Å². The van der Waals surface area contributed by atoms with Gasteiger partial charge >= 0.3 is 12.1 Å². The Morgan fingerprint density at radius 1 is 1.36 bits per heavy atom. The number of hydrogen-bond acceptors (Lipinski definition) is 3. The summed E-state index contributed by atoms with van der Waals surface area (Å²) in [6.45, 7) is 0.0771. The number of methoxy groups -OCH3 is 1. The molecule has 1 unspecified atom stereocenters. The summed E-state index contributed by atoms with van der Waals surface area (Å²) in [7, 11) is 1.22. The van der Waals surface area contributed by atoms with Crippen LogP contribution in [0.4, 0.5) is 13.2 Å². The number of carbonyl (C=O) groups excluding carboxylic acids is 2. The van der Waals surface area contributed by atoms with Gasteiger partial charge < -0.3 is 9.64 Å². The number of alkyl halides is 3. The zero-order valence-electron chi connectivity index (χ0n) is 12.0. The van der Waals surface area contributed by atoms with Crippen molar-refractivity contribution in [3.8, 4) is 0 Å². The van der Waals surface area contributed by atoms with Gasteiger partial charge in [0.2, 0.25) is 5.91 Å². The van der Waals surface area contributed by atoms with Crippen molar-refractivity contribution in [1.82, 2.24) is 4.90 Å². The summed E-state index contributed by atoms with van der Waals surface area (Å²) in [6, 6.07) is 5.31. The predicted octanol–water partition coefficient (Wildman–Crippen LogP) is 2.58. The van der Waals surface area contributed by atoms with Crippen LogP contribution in [0.25, 0.3) is 0 Å². The molecule has 0 N–H and O–H groups in total. The van der Waals surface area contributed by atoms with Crippen LogP contribution in [0.1, 0.15) is 29.9 Å². The van der Waals surface area contributed by atoms with Gasteiger partial charge in [0.05, 0.1) is 12.7 Å². The molecule has 2 rings (SSSR count). The fraction of sp³-hybridized carbons (Fsp3) is 0.467. The lowest BCUT2D eigenvalue weighted by molar-refractivity contribution is -0.148. The quantitative estimate of drug-likeness (QED) is 0.806. The van der Waals surface area contributed by atoms with Crippen LogP contribution >= 0.6 is 0 Å². The van der Waals surface area contributed by atoms with Gasteiger partial charge in [0.15, 0.2) is 0 Å². The first-order valence-corrected chi connectivity index (χ1v) is 6.83. The molecule has 4 nitrogen and oxygen atoms in total. The average molecular weight is 315 g/mol. The molecule has 1 fully saturated rings. The molecule has 1 aromatic rings. The summed E-state index contributed by atoms with van der Waals surface area (Å²) in [6.07, 6.45) is -4.09. The van der Waals surface area contributed by atoms with E-state index in [4.69, 9.17) is 0 Å². The zero-order valence-corrected chi connectivity index (χ0v) is 12.0. The summed E-state index contributed by atoms with van der Waals surface area (Å²) in [5, 5.41) is 0. The molecule has 0 saturated carbocycles. The molecule has 0 radical (unpaired) electrons. The van der Waals surface area contributed by atoms with E-state index in [1.807, 2.05) is 0 Å². The third-order valence-corrected chi connectivity index (χ3v) is 3.77. The highest BCUT2D eigenvalue weighted by atomic mass is 19.4. The molecular formula is C15H16F3NO3. The number of halogens is 3. The van der Waals surface area contributed by atoms with E-state index in [1.54, 1.807) is 0 Å². The van der Waals surface area contributed by atoms with Crippen LogP contribution in [-0.2, 0) is 20.5 Å². The number of likely N-dealkylation sites (tertiary alicyclic amines) is 1. The minimum atomic E-state index is -4.44. The molecule has 1 atom stereocenters. The minimum absolute atomic E-state index is 0.0376. The Hall–Kier alpha value is -2.05. The normalized spacial score (nSPS) is 19.2. The average Bonchev–Trinajstić information content (AvgIpc) is 2.48. The van der Waals surface area contributed by atoms with Gasteiger partial charge in [0, 0.05) is 13.0 Å². The molecule has 0 aliphatic carbocycles. The van der Waals surface area contributed by atoms with Gasteiger partial charge in [-0.2, -0.15) is 13.2 Å². The van der Waals surface area contributed by atoms with Crippen molar-refractivity contribution in [2.75, 3.05) is 20.2 Å². The Balaban J connectivity index is 2.14. The van der Waals surface area contributed by atoms with E-state index in [-0.39, 0.29) is 31.0 Å². The number of carbonyl (C=O) groups is 2. The Labute approximate surface area is 125 Å². The molecule has 120 valence electrons. The number of esters is 1. The molecule has 7 heteroatoms. The van der Waals surface area contributed by atoms with Gasteiger partial charge in [-0.3, -0.25) is 9.59 Å². The molecule has 0 bridgehead atoms. The van der Waals surface area contributed by atoms with Crippen LogP contribution in [-0.4, -0.2) is 37.0 Å². The van der Waals surface area contributed by atoms with Crippen molar-refractivity contribution in [1.29, 1.82) is 0 Å². The van der Waals surface area contributed by atoms with E-state index in [0.29, 0.717) is 6.42 Å². The molecule has 1 aliphatic heterocycles. The van der Waals surface area contributed by atoms with Crippen molar-refractivity contribution in [2.24, 2.45) is 0 Å². The monoisotopic (exact) mass is 315 g/mol. The van der Waals surface area contributed by atoms with E-state index in [1.165, 1.54) is 30.2 Å². The van der Waals surface area contributed by atoms with Crippen LogP contribution in [0.5, 0.6) is 0 Å². The summed E-state index contributed by atoms with van der Waals surface area (Å²) < 4.78 is 43.6. The highest BCUT2D eigenvalue weighted by Gasteiger charge is 2.37. The molecule has 1 saturated heterocycles. The number of nitrogens with zero attached hydrogens (tertiary/aromatic N) is 1. The van der Waals surface area contributed by atoms with E-state index in [0.717, 1.165) is 6.07 Å². The second-order valence-corrected chi connectivity index (χ2v) is 5.17. The largest absolute Gasteiger partial charge is 0.468 e. The molecule has 1 heterocycles. The Morgan fingerprint density at radius 3 is 2.64 bits per heavy atom. The number of benzene rings is 1. The second-order valence-electron chi connectivity index (χ2n) is 5.17. The molecule has 0 spiro atoms. The van der Waals surface area contributed by atoms with E-state index in [9.17, 15) is 22.8 Å². The van der Waals surface area contributed by atoms with Gasteiger partial charge in [-0.1, -0.05) is 18.2 Å². The second kappa shape index (κ2) is 6.37.